The van der Waals surface area contributed by atoms with E-state index in [2.05, 4.69) is 43.4 Å². The van der Waals surface area contributed by atoms with Crippen LogP contribution in [0.2, 0.25) is 0 Å². The monoisotopic (exact) mass is 359 g/mol. The molecule has 0 aromatic carbocycles. The lowest BCUT2D eigenvalue weighted by Gasteiger charge is -2.18. The van der Waals surface area contributed by atoms with Gasteiger partial charge in [-0.25, -0.2) is 0 Å². The fraction of sp³-hybridized carbons (Fsp3) is 0.600. The second-order valence-corrected chi connectivity index (χ2v) is 6.86. The van der Waals surface area contributed by atoms with E-state index in [-0.39, 0.29) is 6.04 Å². The van der Waals surface area contributed by atoms with E-state index in [4.69, 9.17) is 9.41 Å². The maximum atomic E-state index is 5.39. The summed E-state index contributed by atoms with van der Waals surface area (Å²) in [6.45, 7) is 10.2. The third-order valence-electron chi connectivity index (χ3n) is 4.58. The molecule has 144 valence electrons. The second-order valence-electron chi connectivity index (χ2n) is 6.86. The molecule has 2 N–H and O–H groups in total. The Morgan fingerprint density at radius 3 is 2.81 bits per heavy atom. The number of aromatic nitrogens is 2. The van der Waals surface area contributed by atoms with Gasteiger partial charge in [-0.05, 0) is 51.3 Å². The van der Waals surface area contributed by atoms with E-state index in [1.165, 1.54) is 11.3 Å². The van der Waals surface area contributed by atoms with Crippen molar-refractivity contribution in [3.8, 4) is 0 Å². The van der Waals surface area contributed by atoms with Crippen LogP contribution in [0, 0.1) is 13.8 Å². The molecule has 2 rings (SSSR count). The lowest BCUT2D eigenvalue weighted by Crippen LogP contribution is -2.44. The molecule has 0 radical (unpaired) electrons. The zero-order chi connectivity index (χ0) is 18.9. The summed E-state index contributed by atoms with van der Waals surface area (Å²) in [4.78, 5) is 4.71. The molecule has 0 spiro atoms. The molecule has 2 aromatic heterocycles. The van der Waals surface area contributed by atoms with E-state index in [0.29, 0.717) is 0 Å². The minimum atomic E-state index is 0.271. The molecule has 0 aliphatic carbocycles. The maximum Gasteiger partial charge on any atom is 0.191 e. The van der Waals surface area contributed by atoms with Crippen LogP contribution in [0.15, 0.2) is 27.8 Å². The van der Waals surface area contributed by atoms with Gasteiger partial charge in [0.15, 0.2) is 5.96 Å². The number of hydrogen-bond donors (Lipinski definition) is 2. The number of furan rings is 1. The molecule has 0 amide bonds. The van der Waals surface area contributed by atoms with Gasteiger partial charge in [0.2, 0.25) is 0 Å². The predicted octanol–water partition coefficient (Wildman–Crippen LogP) is 3.14. The maximum absolute atomic E-state index is 5.39. The van der Waals surface area contributed by atoms with Gasteiger partial charge in [0, 0.05) is 38.3 Å². The summed E-state index contributed by atoms with van der Waals surface area (Å²) in [6.07, 6.45) is 5.73. The van der Waals surface area contributed by atoms with Crippen LogP contribution in [0.4, 0.5) is 0 Å². The van der Waals surface area contributed by atoms with Crippen molar-refractivity contribution >= 4 is 5.96 Å². The second kappa shape index (κ2) is 10.0. The summed E-state index contributed by atoms with van der Waals surface area (Å²) < 4.78 is 7.35. The van der Waals surface area contributed by atoms with E-state index in [1.807, 2.05) is 23.9 Å². The molecule has 2 heterocycles. The van der Waals surface area contributed by atoms with E-state index in [1.54, 1.807) is 6.26 Å². The van der Waals surface area contributed by atoms with Crippen molar-refractivity contribution in [1.82, 2.24) is 20.4 Å². The average Bonchev–Trinajstić information content (AvgIpc) is 3.19. The SMILES string of the molecule is CCCCN=C(NCCc1ccco1)NC(C)Cc1c(C)nn(C)c1C. The zero-order valence-corrected chi connectivity index (χ0v) is 16.8. The van der Waals surface area contributed by atoms with Crippen LogP contribution in [-0.4, -0.2) is 34.9 Å². The van der Waals surface area contributed by atoms with Gasteiger partial charge in [0.05, 0.1) is 12.0 Å². The standard InChI is InChI=1S/C20H33N5O/c1-6-7-11-21-20(22-12-10-18-9-8-13-26-18)23-15(2)14-19-16(3)24-25(5)17(19)4/h8-9,13,15H,6-7,10-12,14H2,1-5H3,(H2,21,22,23). The summed E-state index contributed by atoms with van der Waals surface area (Å²) >= 11 is 0. The summed E-state index contributed by atoms with van der Waals surface area (Å²) in [5.41, 5.74) is 3.65. The van der Waals surface area contributed by atoms with Crippen molar-refractivity contribution in [3.05, 3.63) is 41.1 Å². The van der Waals surface area contributed by atoms with Crippen molar-refractivity contribution < 1.29 is 4.42 Å². The number of aryl methyl sites for hydroxylation is 2. The molecule has 6 heteroatoms. The van der Waals surface area contributed by atoms with Crippen LogP contribution in [-0.2, 0) is 19.9 Å². The van der Waals surface area contributed by atoms with Gasteiger partial charge in [0.25, 0.3) is 0 Å². The Morgan fingerprint density at radius 1 is 1.38 bits per heavy atom. The summed E-state index contributed by atoms with van der Waals surface area (Å²) in [7, 11) is 2.00. The lowest BCUT2D eigenvalue weighted by molar-refractivity contribution is 0.506. The fourth-order valence-corrected chi connectivity index (χ4v) is 2.96. The van der Waals surface area contributed by atoms with Gasteiger partial charge in [-0.1, -0.05) is 13.3 Å². The topological polar surface area (TPSA) is 67.4 Å². The highest BCUT2D eigenvalue weighted by molar-refractivity contribution is 5.80. The first-order chi connectivity index (χ1) is 12.5. The molecular weight excluding hydrogens is 326 g/mol. The Balaban J connectivity index is 1.92. The molecule has 1 unspecified atom stereocenters. The van der Waals surface area contributed by atoms with Crippen molar-refractivity contribution in [3.63, 3.8) is 0 Å². The number of rotatable bonds is 9. The molecule has 0 bridgehead atoms. The third kappa shape index (κ3) is 5.93. The Labute approximate surface area is 157 Å². The highest BCUT2D eigenvalue weighted by Gasteiger charge is 2.14. The number of unbranched alkanes of at least 4 members (excludes halogenated alkanes) is 1. The van der Waals surface area contributed by atoms with Crippen molar-refractivity contribution in [2.75, 3.05) is 13.1 Å². The molecule has 1 atom stereocenters. The Hall–Kier alpha value is -2.24. The van der Waals surface area contributed by atoms with Gasteiger partial charge in [-0.15, -0.1) is 0 Å². The van der Waals surface area contributed by atoms with Gasteiger partial charge >= 0.3 is 0 Å². The van der Waals surface area contributed by atoms with Crippen LogP contribution in [0.3, 0.4) is 0 Å². The molecule has 0 saturated heterocycles. The minimum absolute atomic E-state index is 0.271. The molecule has 0 saturated carbocycles. The van der Waals surface area contributed by atoms with Gasteiger partial charge in [-0.2, -0.15) is 5.10 Å². The predicted molar refractivity (Wildman–Crippen MR) is 107 cm³/mol. The Morgan fingerprint density at radius 2 is 2.19 bits per heavy atom. The molecular formula is C20H33N5O. The molecule has 6 nitrogen and oxygen atoms in total. The van der Waals surface area contributed by atoms with Crippen LogP contribution in [0.25, 0.3) is 0 Å². The number of hydrogen-bond acceptors (Lipinski definition) is 3. The van der Waals surface area contributed by atoms with Crippen LogP contribution in [0.1, 0.15) is 49.4 Å². The lowest BCUT2D eigenvalue weighted by atomic mass is 10.1. The van der Waals surface area contributed by atoms with Crippen LogP contribution < -0.4 is 10.6 Å². The fourth-order valence-electron chi connectivity index (χ4n) is 2.96. The van der Waals surface area contributed by atoms with E-state index in [9.17, 15) is 0 Å². The Kier molecular flexibility index (Phi) is 7.75. The molecule has 0 aliphatic rings. The smallest absolute Gasteiger partial charge is 0.191 e. The van der Waals surface area contributed by atoms with E-state index >= 15 is 0 Å². The number of nitrogens with one attached hydrogen (secondary N) is 2. The third-order valence-corrected chi connectivity index (χ3v) is 4.58. The average molecular weight is 360 g/mol. The first-order valence-electron chi connectivity index (χ1n) is 9.57. The summed E-state index contributed by atoms with van der Waals surface area (Å²) in [5, 5.41) is 11.5. The number of aliphatic imine (C=N–C) groups is 1. The highest BCUT2D eigenvalue weighted by atomic mass is 16.3. The van der Waals surface area contributed by atoms with Crippen molar-refractivity contribution in [1.29, 1.82) is 0 Å². The normalized spacial score (nSPS) is 13.0. The number of guanidine groups is 1. The zero-order valence-electron chi connectivity index (χ0n) is 16.8. The van der Waals surface area contributed by atoms with Gasteiger partial charge in [-0.3, -0.25) is 9.67 Å². The molecule has 0 aliphatic heterocycles. The number of nitrogens with zero attached hydrogens (tertiary/aromatic N) is 3. The van der Waals surface area contributed by atoms with Crippen LogP contribution >= 0.6 is 0 Å². The van der Waals surface area contributed by atoms with Crippen molar-refractivity contribution in [2.24, 2.45) is 12.0 Å². The first kappa shape index (κ1) is 20.1. The summed E-state index contributed by atoms with van der Waals surface area (Å²) in [6, 6.07) is 4.19. The van der Waals surface area contributed by atoms with Crippen LogP contribution in [0.5, 0.6) is 0 Å². The molecule has 26 heavy (non-hydrogen) atoms. The molecule has 2 aromatic rings. The summed E-state index contributed by atoms with van der Waals surface area (Å²) in [5.74, 6) is 1.86. The quantitative estimate of drug-likeness (QED) is 0.410. The highest BCUT2D eigenvalue weighted by Crippen LogP contribution is 2.14. The van der Waals surface area contributed by atoms with Gasteiger partial charge in [0.1, 0.15) is 5.76 Å². The van der Waals surface area contributed by atoms with Gasteiger partial charge < -0.3 is 15.1 Å². The molecule has 0 fully saturated rings. The Bertz CT molecular complexity index is 687. The first-order valence-corrected chi connectivity index (χ1v) is 9.57. The largest absolute Gasteiger partial charge is 0.469 e. The minimum Gasteiger partial charge on any atom is -0.469 e. The van der Waals surface area contributed by atoms with Crippen molar-refractivity contribution in [2.45, 2.75) is 59.4 Å². The van der Waals surface area contributed by atoms with E-state index in [0.717, 1.165) is 56.2 Å². The van der Waals surface area contributed by atoms with E-state index < -0.39 is 0 Å².